The predicted molar refractivity (Wildman–Crippen MR) is 74.9 cm³/mol. The lowest BCUT2D eigenvalue weighted by molar-refractivity contribution is 0.140. The lowest BCUT2D eigenvalue weighted by Crippen LogP contribution is -2.21. The Morgan fingerprint density at radius 2 is 2.37 bits per heavy atom. The van der Waals surface area contributed by atoms with E-state index in [-0.39, 0.29) is 6.10 Å². The van der Waals surface area contributed by atoms with Gasteiger partial charge in [0.25, 0.3) is 0 Å². The Balaban J connectivity index is 1.98. The number of hydrogen-bond donors (Lipinski definition) is 1. The number of hydrogen-bond acceptors (Lipinski definition) is 4. The highest BCUT2D eigenvalue weighted by atomic mass is 35.5. The molecule has 1 aliphatic rings. The molecular formula is C14H20ClNO3. The smallest absolute Gasteiger partial charge is 0.142 e. The molecule has 0 radical (unpaired) electrons. The van der Waals surface area contributed by atoms with Crippen LogP contribution in [-0.2, 0) is 16.0 Å². The van der Waals surface area contributed by atoms with Gasteiger partial charge in [0.05, 0.1) is 24.8 Å². The quantitative estimate of drug-likeness (QED) is 0.780. The molecule has 1 aromatic carbocycles. The van der Waals surface area contributed by atoms with Gasteiger partial charge in [-0.1, -0.05) is 23.7 Å². The third-order valence-corrected chi connectivity index (χ3v) is 3.32. The summed E-state index contributed by atoms with van der Waals surface area (Å²) in [6.45, 7) is 3.60. The molecule has 4 nitrogen and oxygen atoms in total. The molecule has 1 aliphatic heterocycles. The van der Waals surface area contributed by atoms with Crippen molar-refractivity contribution < 1.29 is 14.2 Å². The van der Waals surface area contributed by atoms with Crippen LogP contribution in [0, 0.1) is 0 Å². The maximum Gasteiger partial charge on any atom is 0.142 e. The zero-order valence-electron chi connectivity index (χ0n) is 11.2. The molecule has 1 aromatic rings. The highest BCUT2D eigenvalue weighted by Crippen LogP contribution is 2.30. The molecule has 0 amide bonds. The van der Waals surface area contributed by atoms with E-state index in [9.17, 15) is 0 Å². The summed E-state index contributed by atoms with van der Waals surface area (Å²) >= 11 is 6.23. The molecule has 1 fully saturated rings. The van der Waals surface area contributed by atoms with Gasteiger partial charge in [0, 0.05) is 32.2 Å². The van der Waals surface area contributed by atoms with Gasteiger partial charge in [-0.25, -0.2) is 0 Å². The summed E-state index contributed by atoms with van der Waals surface area (Å²) in [5.74, 6) is 0.768. The van der Waals surface area contributed by atoms with Crippen LogP contribution in [0.5, 0.6) is 5.75 Å². The minimum absolute atomic E-state index is 0.109. The molecule has 0 aliphatic carbocycles. The Morgan fingerprint density at radius 1 is 1.47 bits per heavy atom. The van der Waals surface area contributed by atoms with E-state index in [0.29, 0.717) is 24.8 Å². The van der Waals surface area contributed by atoms with Crippen molar-refractivity contribution in [1.29, 1.82) is 0 Å². The third-order valence-electron chi connectivity index (χ3n) is 3.02. The van der Waals surface area contributed by atoms with Crippen LogP contribution in [0.15, 0.2) is 18.2 Å². The fourth-order valence-electron chi connectivity index (χ4n) is 1.99. The molecule has 0 saturated carbocycles. The van der Waals surface area contributed by atoms with Crippen LogP contribution in [-0.4, -0.2) is 39.6 Å². The van der Waals surface area contributed by atoms with Gasteiger partial charge in [-0.3, -0.25) is 0 Å². The molecule has 106 valence electrons. The van der Waals surface area contributed by atoms with Gasteiger partial charge in [-0.2, -0.15) is 0 Å². The van der Waals surface area contributed by atoms with Gasteiger partial charge >= 0.3 is 0 Å². The van der Waals surface area contributed by atoms with Gasteiger partial charge in [0.15, 0.2) is 0 Å². The Labute approximate surface area is 119 Å². The SMILES string of the molecule is COCCNCc1cccc(Cl)c1OC1CCOC1. The standard InChI is InChI=1S/C14H20ClNO3/c1-17-8-6-16-9-11-3-2-4-13(15)14(11)19-12-5-7-18-10-12/h2-4,12,16H,5-10H2,1H3. The van der Waals surface area contributed by atoms with Gasteiger partial charge in [-0.15, -0.1) is 0 Å². The van der Waals surface area contributed by atoms with E-state index in [4.69, 9.17) is 25.8 Å². The summed E-state index contributed by atoms with van der Waals surface area (Å²) in [7, 11) is 1.69. The number of ether oxygens (including phenoxy) is 3. The zero-order valence-corrected chi connectivity index (χ0v) is 11.9. The van der Waals surface area contributed by atoms with Crippen LogP contribution in [0.2, 0.25) is 5.02 Å². The third kappa shape index (κ3) is 4.35. The van der Waals surface area contributed by atoms with Crippen molar-refractivity contribution in [2.75, 3.05) is 33.5 Å². The second-order valence-electron chi connectivity index (χ2n) is 4.50. The van der Waals surface area contributed by atoms with Crippen LogP contribution >= 0.6 is 11.6 Å². The fourth-order valence-corrected chi connectivity index (χ4v) is 2.23. The summed E-state index contributed by atoms with van der Waals surface area (Å²) in [6, 6.07) is 5.82. The second kappa shape index (κ2) is 7.70. The molecule has 5 heteroatoms. The van der Waals surface area contributed by atoms with E-state index in [2.05, 4.69) is 5.32 Å². The number of benzene rings is 1. The van der Waals surface area contributed by atoms with Crippen LogP contribution in [0.3, 0.4) is 0 Å². The van der Waals surface area contributed by atoms with Crippen molar-refractivity contribution >= 4 is 11.6 Å². The summed E-state index contributed by atoms with van der Waals surface area (Å²) < 4.78 is 16.3. The Kier molecular flexibility index (Phi) is 5.92. The number of methoxy groups -OCH3 is 1. The van der Waals surface area contributed by atoms with E-state index in [1.165, 1.54) is 0 Å². The first-order valence-corrected chi connectivity index (χ1v) is 6.90. The average Bonchev–Trinajstić information content (AvgIpc) is 2.91. The largest absolute Gasteiger partial charge is 0.486 e. The van der Waals surface area contributed by atoms with E-state index in [0.717, 1.165) is 30.9 Å². The van der Waals surface area contributed by atoms with Crippen molar-refractivity contribution in [2.45, 2.75) is 19.1 Å². The van der Waals surface area contributed by atoms with Gasteiger partial charge in [0.2, 0.25) is 0 Å². The molecule has 1 unspecified atom stereocenters. The summed E-state index contributed by atoms with van der Waals surface area (Å²) in [4.78, 5) is 0. The van der Waals surface area contributed by atoms with E-state index in [1.807, 2.05) is 18.2 Å². The van der Waals surface area contributed by atoms with Crippen LogP contribution in [0.1, 0.15) is 12.0 Å². The first-order valence-electron chi connectivity index (χ1n) is 6.52. The summed E-state index contributed by atoms with van der Waals surface area (Å²) in [6.07, 6.45) is 1.03. The van der Waals surface area contributed by atoms with Gasteiger partial charge in [-0.05, 0) is 6.07 Å². The zero-order chi connectivity index (χ0) is 13.5. The van der Waals surface area contributed by atoms with Gasteiger partial charge < -0.3 is 19.5 Å². The molecule has 19 heavy (non-hydrogen) atoms. The Bertz CT molecular complexity index is 394. The number of halogens is 1. The maximum atomic E-state index is 6.23. The van der Waals surface area contributed by atoms with Crippen molar-refractivity contribution in [1.82, 2.24) is 5.32 Å². The second-order valence-corrected chi connectivity index (χ2v) is 4.91. The number of para-hydroxylation sites is 1. The molecule has 1 saturated heterocycles. The van der Waals surface area contributed by atoms with Crippen molar-refractivity contribution in [3.8, 4) is 5.75 Å². The minimum Gasteiger partial charge on any atom is -0.486 e. The predicted octanol–water partition coefficient (Wildman–Crippen LogP) is 2.24. The first kappa shape index (κ1) is 14.6. The monoisotopic (exact) mass is 285 g/mol. The maximum absolute atomic E-state index is 6.23. The lowest BCUT2D eigenvalue weighted by atomic mass is 10.2. The number of rotatable bonds is 7. The van der Waals surface area contributed by atoms with Crippen molar-refractivity contribution in [2.24, 2.45) is 0 Å². The molecule has 1 N–H and O–H groups in total. The van der Waals surface area contributed by atoms with E-state index < -0.39 is 0 Å². The lowest BCUT2D eigenvalue weighted by Gasteiger charge is -2.17. The van der Waals surface area contributed by atoms with Crippen molar-refractivity contribution in [3.63, 3.8) is 0 Å². The van der Waals surface area contributed by atoms with Gasteiger partial charge in [0.1, 0.15) is 11.9 Å². The Morgan fingerprint density at radius 3 is 3.11 bits per heavy atom. The molecule has 0 aromatic heterocycles. The number of nitrogens with one attached hydrogen (secondary N) is 1. The Hall–Kier alpha value is -0.810. The highest BCUT2D eigenvalue weighted by Gasteiger charge is 2.20. The van der Waals surface area contributed by atoms with Crippen LogP contribution in [0.4, 0.5) is 0 Å². The van der Waals surface area contributed by atoms with E-state index in [1.54, 1.807) is 7.11 Å². The summed E-state index contributed by atoms with van der Waals surface area (Å²) in [5.41, 5.74) is 1.07. The molecule has 2 rings (SSSR count). The molecule has 0 bridgehead atoms. The topological polar surface area (TPSA) is 39.7 Å². The first-order chi connectivity index (χ1) is 9.31. The highest BCUT2D eigenvalue weighted by molar-refractivity contribution is 6.32. The molecule has 0 spiro atoms. The molecular weight excluding hydrogens is 266 g/mol. The van der Waals surface area contributed by atoms with E-state index >= 15 is 0 Å². The summed E-state index contributed by atoms with van der Waals surface area (Å²) in [5, 5.41) is 3.95. The van der Waals surface area contributed by atoms with Crippen molar-refractivity contribution in [3.05, 3.63) is 28.8 Å². The van der Waals surface area contributed by atoms with Crippen LogP contribution in [0.25, 0.3) is 0 Å². The van der Waals surface area contributed by atoms with Crippen LogP contribution < -0.4 is 10.1 Å². The normalized spacial score (nSPS) is 18.7. The fraction of sp³-hybridized carbons (Fsp3) is 0.571. The average molecular weight is 286 g/mol. The molecule has 1 heterocycles. The molecule has 1 atom stereocenters. The minimum atomic E-state index is 0.109.